The topological polar surface area (TPSA) is 59.4 Å². The van der Waals surface area contributed by atoms with Crippen molar-refractivity contribution in [3.63, 3.8) is 0 Å². The standard InChI is InChI=1S/C18H23FN4O2/c1-13(23-9-11-25-12-10-23)18(24)21-16(17-20-7-8-22(17)2)14-5-3-4-6-15(14)19/h3-8,13,16H,9-12H2,1-2H3,(H,21,24). The number of rotatable bonds is 5. The Hall–Kier alpha value is -2.25. The van der Waals surface area contributed by atoms with Gasteiger partial charge in [0.2, 0.25) is 5.91 Å². The second-order valence-electron chi connectivity index (χ2n) is 6.18. The Bertz CT molecular complexity index is 727. The van der Waals surface area contributed by atoms with E-state index in [1.54, 1.807) is 35.2 Å². The van der Waals surface area contributed by atoms with Gasteiger partial charge in [-0.25, -0.2) is 9.37 Å². The number of carbonyl (C=O) groups excluding carboxylic acids is 1. The van der Waals surface area contributed by atoms with Gasteiger partial charge >= 0.3 is 0 Å². The number of nitrogens with one attached hydrogen (secondary N) is 1. The first kappa shape index (κ1) is 17.6. The smallest absolute Gasteiger partial charge is 0.237 e. The molecule has 134 valence electrons. The number of carbonyl (C=O) groups is 1. The molecule has 0 aliphatic carbocycles. The second-order valence-corrected chi connectivity index (χ2v) is 6.18. The summed E-state index contributed by atoms with van der Waals surface area (Å²) in [5.41, 5.74) is 0.402. The largest absolute Gasteiger partial charge is 0.379 e. The van der Waals surface area contributed by atoms with Crippen LogP contribution in [0.4, 0.5) is 4.39 Å². The number of hydrogen-bond donors (Lipinski definition) is 1. The number of amides is 1. The van der Waals surface area contributed by atoms with Gasteiger partial charge in [-0.2, -0.15) is 0 Å². The predicted octanol–water partition coefficient (Wildman–Crippen LogP) is 1.49. The third kappa shape index (κ3) is 3.88. The molecule has 2 unspecified atom stereocenters. The molecule has 0 radical (unpaired) electrons. The van der Waals surface area contributed by atoms with Crippen molar-refractivity contribution >= 4 is 5.91 Å². The zero-order chi connectivity index (χ0) is 17.8. The van der Waals surface area contributed by atoms with Gasteiger partial charge in [0.05, 0.1) is 19.3 Å². The summed E-state index contributed by atoms with van der Waals surface area (Å²) < 4.78 is 21.5. The van der Waals surface area contributed by atoms with Crippen molar-refractivity contribution in [3.05, 3.63) is 53.9 Å². The van der Waals surface area contributed by atoms with E-state index in [2.05, 4.69) is 15.2 Å². The maximum absolute atomic E-state index is 14.4. The lowest BCUT2D eigenvalue weighted by Crippen LogP contribution is -2.50. The summed E-state index contributed by atoms with van der Waals surface area (Å²) in [6.45, 7) is 4.52. The molecular weight excluding hydrogens is 323 g/mol. The van der Waals surface area contributed by atoms with Gasteiger partial charge in [-0.1, -0.05) is 18.2 Å². The Morgan fingerprint density at radius 3 is 2.68 bits per heavy atom. The lowest BCUT2D eigenvalue weighted by Gasteiger charge is -2.32. The van der Waals surface area contributed by atoms with Crippen molar-refractivity contribution in [1.82, 2.24) is 19.8 Å². The molecule has 1 aromatic carbocycles. The van der Waals surface area contributed by atoms with Gasteiger partial charge in [-0.3, -0.25) is 9.69 Å². The van der Waals surface area contributed by atoms with Crippen LogP contribution in [-0.4, -0.2) is 52.7 Å². The summed E-state index contributed by atoms with van der Waals surface area (Å²) in [4.78, 5) is 19.2. The van der Waals surface area contributed by atoms with Crippen LogP contribution in [0, 0.1) is 5.82 Å². The van der Waals surface area contributed by atoms with Crippen molar-refractivity contribution in [2.75, 3.05) is 26.3 Å². The van der Waals surface area contributed by atoms with E-state index in [4.69, 9.17) is 4.74 Å². The molecule has 1 saturated heterocycles. The molecule has 2 atom stereocenters. The quantitative estimate of drug-likeness (QED) is 0.891. The van der Waals surface area contributed by atoms with Crippen LogP contribution in [-0.2, 0) is 16.6 Å². The van der Waals surface area contributed by atoms with E-state index >= 15 is 0 Å². The molecule has 3 rings (SSSR count). The Kier molecular flexibility index (Phi) is 5.45. The van der Waals surface area contributed by atoms with E-state index in [-0.39, 0.29) is 17.8 Å². The zero-order valence-corrected chi connectivity index (χ0v) is 14.5. The summed E-state index contributed by atoms with van der Waals surface area (Å²) in [5.74, 6) is 0.0700. The third-order valence-corrected chi connectivity index (χ3v) is 4.59. The van der Waals surface area contributed by atoms with Crippen molar-refractivity contribution in [1.29, 1.82) is 0 Å². The van der Waals surface area contributed by atoms with E-state index < -0.39 is 6.04 Å². The molecule has 0 spiro atoms. The Morgan fingerprint density at radius 2 is 2.04 bits per heavy atom. The molecule has 1 amide bonds. The first-order valence-corrected chi connectivity index (χ1v) is 8.41. The fraction of sp³-hybridized carbons (Fsp3) is 0.444. The van der Waals surface area contributed by atoms with Crippen molar-refractivity contribution in [2.24, 2.45) is 7.05 Å². The van der Waals surface area contributed by atoms with Crippen LogP contribution in [0.5, 0.6) is 0 Å². The maximum Gasteiger partial charge on any atom is 0.237 e. The molecular formula is C18H23FN4O2. The highest BCUT2D eigenvalue weighted by molar-refractivity contribution is 5.82. The highest BCUT2D eigenvalue weighted by atomic mass is 19.1. The van der Waals surface area contributed by atoms with Gasteiger partial charge in [0.25, 0.3) is 0 Å². The fourth-order valence-electron chi connectivity index (χ4n) is 3.04. The molecule has 1 fully saturated rings. The molecule has 1 N–H and O–H groups in total. The second kappa shape index (κ2) is 7.76. The van der Waals surface area contributed by atoms with Gasteiger partial charge in [0, 0.05) is 38.1 Å². The van der Waals surface area contributed by atoms with Gasteiger partial charge in [0.15, 0.2) is 0 Å². The minimum atomic E-state index is -0.641. The van der Waals surface area contributed by atoms with Gasteiger partial charge < -0.3 is 14.6 Å². The molecule has 1 aromatic heterocycles. The first-order chi connectivity index (χ1) is 12.1. The Labute approximate surface area is 146 Å². The number of ether oxygens (including phenoxy) is 1. The first-order valence-electron chi connectivity index (χ1n) is 8.41. The van der Waals surface area contributed by atoms with E-state index in [1.807, 2.05) is 14.0 Å². The number of nitrogens with zero attached hydrogens (tertiary/aromatic N) is 3. The molecule has 25 heavy (non-hydrogen) atoms. The van der Waals surface area contributed by atoms with Crippen LogP contribution in [0.25, 0.3) is 0 Å². The van der Waals surface area contributed by atoms with Gasteiger partial charge in [0.1, 0.15) is 17.7 Å². The number of hydrogen-bond acceptors (Lipinski definition) is 4. The van der Waals surface area contributed by atoms with Crippen LogP contribution < -0.4 is 5.32 Å². The normalized spacial score (nSPS) is 17.9. The predicted molar refractivity (Wildman–Crippen MR) is 91.4 cm³/mol. The number of halogens is 1. The number of aromatic nitrogens is 2. The summed E-state index contributed by atoms with van der Waals surface area (Å²) in [6, 6.07) is 5.49. The van der Waals surface area contributed by atoms with Crippen LogP contribution in [0.3, 0.4) is 0 Å². The lowest BCUT2D eigenvalue weighted by molar-refractivity contribution is -0.128. The fourth-order valence-corrected chi connectivity index (χ4v) is 3.04. The highest BCUT2D eigenvalue weighted by Crippen LogP contribution is 2.23. The summed E-state index contributed by atoms with van der Waals surface area (Å²) in [6.07, 6.45) is 3.42. The number of benzene rings is 1. The monoisotopic (exact) mass is 346 g/mol. The van der Waals surface area contributed by atoms with E-state index in [0.717, 1.165) is 0 Å². The van der Waals surface area contributed by atoms with Crippen molar-refractivity contribution in [2.45, 2.75) is 19.0 Å². The van der Waals surface area contributed by atoms with Crippen LogP contribution >= 0.6 is 0 Å². The molecule has 2 heterocycles. The lowest BCUT2D eigenvalue weighted by atomic mass is 10.0. The van der Waals surface area contributed by atoms with Crippen LogP contribution in [0.1, 0.15) is 24.4 Å². The molecule has 2 aromatic rings. The molecule has 7 heteroatoms. The maximum atomic E-state index is 14.4. The number of morpholine rings is 1. The van der Waals surface area contributed by atoms with Crippen molar-refractivity contribution < 1.29 is 13.9 Å². The minimum Gasteiger partial charge on any atom is -0.379 e. The van der Waals surface area contributed by atoms with Gasteiger partial charge in [-0.05, 0) is 13.0 Å². The summed E-state index contributed by atoms with van der Waals surface area (Å²) >= 11 is 0. The molecule has 0 saturated carbocycles. The zero-order valence-electron chi connectivity index (χ0n) is 14.5. The Balaban J connectivity index is 1.84. The molecule has 0 bridgehead atoms. The molecule has 1 aliphatic heterocycles. The van der Waals surface area contributed by atoms with Crippen molar-refractivity contribution in [3.8, 4) is 0 Å². The summed E-state index contributed by atoms with van der Waals surface area (Å²) in [7, 11) is 1.83. The average molecular weight is 346 g/mol. The third-order valence-electron chi connectivity index (χ3n) is 4.59. The van der Waals surface area contributed by atoms with E-state index in [9.17, 15) is 9.18 Å². The molecule has 6 nitrogen and oxygen atoms in total. The highest BCUT2D eigenvalue weighted by Gasteiger charge is 2.28. The van der Waals surface area contributed by atoms with E-state index in [0.29, 0.717) is 37.7 Å². The average Bonchev–Trinajstić information content (AvgIpc) is 3.06. The minimum absolute atomic E-state index is 0.154. The van der Waals surface area contributed by atoms with E-state index in [1.165, 1.54) is 6.07 Å². The summed E-state index contributed by atoms with van der Waals surface area (Å²) in [5, 5.41) is 2.97. The number of imidazole rings is 1. The van der Waals surface area contributed by atoms with Crippen LogP contribution in [0.2, 0.25) is 0 Å². The molecule has 1 aliphatic rings. The van der Waals surface area contributed by atoms with Gasteiger partial charge in [-0.15, -0.1) is 0 Å². The SMILES string of the molecule is CC(C(=O)NC(c1ccccc1F)c1nccn1C)N1CCOCC1. The Morgan fingerprint density at radius 1 is 1.32 bits per heavy atom. The van der Waals surface area contributed by atoms with Crippen LogP contribution in [0.15, 0.2) is 36.7 Å². The number of aryl methyl sites for hydroxylation is 1.